The first-order chi connectivity index (χ1) is 8.77. The number of likely N-dealkylation sites (tertiary alicyclic amines) is 1. The molecule has 0 aliphatic carbocycles. The van der Waals surface area contributed by atoms with Crippen molar-refractivity contribution in [1.29, 1.82) is 0 Å². The summed E-state index contributed by atoms with van der Waals surface area (Å²) in [7, 11) is 2.13. The predicted octanol–water partition coefficient (Wildman–Crippen LogP) is 3.08. The Kier molecular flexibility index (Phi) is 4.59. The molecule has 3 nitrogen and oxygen atoms in total. The molecule has 1 saturated heterocycles. The van der Waals surface area contributed by atoms with E-state index in [4.69, 9.17) is 0 Å². The lowest BCUT2D eigenvalue weighted by molar-refractivity contribution is 0.157. The highest BCUT2D eigenvalue weighted by Crippen LogP contribution is 2.34. The third-order valence-electron chi connectivity index (χ3n) is 4.03. The summed E-state index contributed by atoms with van der Waals surface area (Å²) < 4.78 is 0. The summed E-state index contributed by atoms with van der Waals surface area (Å²) in [6.07, 6.45) is 5.85. The van der Waals surface area contributed by atoms with E-state index in [2.05, 4.69) is 47.8 Å². The second kappa shape index (κ2) is 6.19. The molecule has 1 aliphatic heterocycles. The van der Waals surface area contributed by atoms with Crippen molar-refractivity contribution in [3.8, 4) is 0 Å². The van der Waals surface area contributed by atoms with Gasteiger partial charge in [-0.25, -0.2) is 4.98 Å². The third kappa shape index (κ3) is 2.66. The first kappa shape index (κ1) is 13.3. The second-order valence-corrected chi connectivity index (χ2v) is 5.07. The molecule has 2 heterocycles. The van der Waals surface area contributed by atoms with E-state index in [-0.39, 0.29) is 0 Å². The van der Waals surface area contributed by atoms with Gasteiger partial charge in [0.1, 0.15) is 5.82 Å². The van der Waals surface area contributed by atoms with Gasteiger partial charge in [0.25, 0.3) is 0 Å². The van der Waals surface area contributed by atoms with E-state index in [0.29, 0.717) is 6.04 Å². The summed E-state index contributed by atoms with van der Waals surface area (Å²) in [6.45, 7) is 7.80. The van der Waals surface area contributed by atoms with Gasteiger partial charge in [-0.05, 0) is 38.9 Å². The quantitative estimate of drug-likeness (QED) is 0.815. The number of piperidine rings is 1. The van der Waals surface area contributed by atoms with Crippen LogP contribution in [0.4, 0.5) is 5.82 Å². The van der Waals surface area contributed by atoms with Crippen LogP contribution in [0.5, 0.6) is 0 Å². The summed E-state index contributed by atoms with van der Waals surface area (Å²) in [6, 6.07) is 4.89. The molecule has 1 atom stereocenters. The van der Waals surface area contributed by atoms with Gasteiger partial charge in [-0.3, -0.25) is 4.90 Å². The molecule has 100 valence electrons. The number of hydrogen-bond acceptors (Lipinski definition) is 3. The highest BCUT2D eigenvalue weighted by molar-refractivity contribution is 5.47. The highest BCUT2D eigenvalue weighted by Gasteiger charge is 2.25. The Morgan fingerprint density at radius 3 is 2.94 bits per heavy atom. The standard InChI is InChI=1S/C15H25N3/c1-4-17(3)15-13(9-8-11-16-15)14-10-6-7-12-18(14)5-2/h8-9,11,14H,4-7,10,12H2,1-3H3/t14-/m0/s1. The molecule has 0 N–H and O–H groups in total. The number of hydrogen-bond donors (Lipinski definition) is 0. The van der Waals surface area contributed by atoms with Crippen LogP contribution < -0.4 is 4.90 Å². The molecule has 0 aromatic carbocycles. The van der Waals surface area contributed by atoms with Crippen molar-refractivity contribution in [2.75, 3.05) is 31.6 Å². The van der Waals surface area contributed by atoms with Crippen LogP contribution in [0.15, 0.2) is 18.3 Å². The molecule has 0 saturated carbocycles. The molecule has 1 aliphatic rings. The van der Waals surface area contributed by atoms with Crippen LogP contribution in [0.1, 0.15) is 44.7 Å². The van der Waals surface area contributed by atoms with Gasteiger partial charge >= 0.3 is 0 Å². The maximum Gasteiger partial charge on any atom is 0.133 e. The van der Waals surface area contributed by atoms with Gasteiger partial charge in [-0.15, -0.1) is 0 Å². The van der Waals surface area contributed by atoms with Gasteiger partial charge in [0, 0.05) is 31.4 Å². The van der Waals surface area contributed by atoms with Crippen molar-refractivity contribution >= 4 is 5.82 Å². The van der Waals surface area contributed by atoms with Crippen LogP contribution in [0.3, 0.4) is 0 Å². The molecule has 0 spiro atoms. The minimum Gasteiger partial charge on any atom is -0.360 e. The van der Waals surface area contributed by atoms with Gasteiger partial charge in [0.2, 0.25) is 0 Å². The molecule has 2 rings (SSSR count). The molecule has 0 radical (unpaired) electrons. The summed E-state index contributed by atoms with van der Waals surface area (Å²) in [4.78, 5) is 9.43. The average Bonchev–Trinajstić information content (AvgIpc) is 2.46. The molecule has 1 aromatic heterocycles. The van der Waals surface area contributed by atoms with E-state index < -0.39 is 0 Å². The number of anilines is 1. The van der Waals surface area contributed by atoms with E-state index in [1.807, 2.05) is 6.20 Å². The van der Waals surface area contributed by atoms with Crippen LogP contribution in [0.25, 0.3) is 0 Å². The SMILES string of the molecule is CCN(C)c1ncccc1[C@@H]1CCCCN1CC. The van der Waals surface area contributed by atoms with E-state index in [1.165, 1.54) is 31.4 Å². The van der Waals surface area contributed by atoms with Crippen molar-refractivity contribution in [1.82, 2.24) is 9.88 Å². The fourth-order valence-corrected chi connectivity index (χ4v) is 2.86. The highest BCUT2D eigenvalue weighted by atomic mass is 15.2. The molecular weight excluding hydrogens is 222 g/mol. The van der Waals surface area contributed by atoms with Crippen molar-refractivity contribution in [3.05, 3.63) is 23.9 Å². The van der Waals surface area contributed by atoms with E-state index in [9.17, 15) is 0 Å². The summed E-state index contributed by atoms with van der Waals surface area (Å²) in [5, 5.41) is 0. The Morgan fingerprint density at radius 2 is 2.22 bits per heavy atom. The maximum absolute atomic E-state index is 4.59. The third-order valence-corrected chi connectivity index (χ3v) is 4.03. The van der Waals surface area contributed by atoms with Crippen molar-refractivity contribution in [3.63, 3.8) is 0 Å². The molecular formula is C15H25N3. The Bertz CT molecular complexity index is 378. The topological polar surface area (TPSA) is 19.4 Å². The Balaban J connectivity index is 2.30. The predicted molar refractivity (Wildman–Crippen MR) is 77.0 cm³/mol. The summed E-state index contributed by atoms with van der Waals surface area (Å²) in [5.41, 5.74) is 1.41. The molecule has 0 bridgehead atoms. The van der Waals surface area contributed by atoms with Crippen LogP contribution in [0, 0.1) is 0 Å². The molecule has 1 fully saturated rings. The lowest BCUT2D eigenvalue weighted by atomic mass is 9.95. The zero-order valence-electron chi connectivity index (χ0n) is 11.9. The van der Waals surface area contributed by atoms with Crippen molar-refractivity contribution in [2.45, 2.75) is 39.2 Å². The van der Waals surface area contributed by atoms with Crippen molar-refractivity contribution < 1.29 is 0 Å². The zero-order chi connectivity index (χ0) is 13.0. The minimum absolute atomic E-state index is 0.557. The van der Waals surface area contributed by atoms with Crippen molar-refractivity contribution in [2.24, 2.45) is 0 Å². The maximum atomic E-state index is 4.59. The zero-order valence-corrected chi connectivity index (χ0v) is 11.9. The van der Waals surface area contributed by atoms with E-state index >= 15 is 0 Å². The average molecular weight is 247 g/mol. The van der Waals surface area contributed by atoms with Crippen LogP contribution in [0.2, 0.25) is 0 Å². The lowest BCUT2D eigenvalue weighted by Crippen LogP contribution is -2.34. The number of nitrogens with zero attached hydrogens (tertiary/aromatic N) is 3. The molecule has 0 amide bonds. The van der Waals surface area contributed by atoms with Gasteiger partial charge < -0.3 is 4.90 Å². The Morgan fingerprint density at radius 1 is 1.39 bits per heavy atom. The Labute approximate surface area is 111 Å². The van der Waals surface area contributed by atoms with Gasteiger partial charge in [-0.2, -0.15) is 0 Å². The first-order valence-electron chi connectivity index (χ1n) is 7.18. The molecule has 3 heteroatoms. The largest absolute Gasteiger partial charge is 0.360 e. The number of pyridine rings is 1. The first-order valence-corrected chi connectivity index (χ1v) is 7.18. The van der Waals surface area contributed by atoms with Gasteiger partial charge in [0.15, 0.2) is 0 Å². The van der Waals surface area contributed by atoms with Crippen LogP contribution >= 0.6 is 0 Å². The van der Waals surface area contributed by atoms with Gasteiger partial charge in [0.05, 0.1) is 0 Å². The second-order valence-electron chi connectivity index (χ2n) is 5.07. The molecule has 18 heavy (non-hydrogen) atoms. The fraction of sp³-hybridized carbons (Fsp3) is 0.667. The van der Waals surface area contributed by atoms with Crippen LogP contribution in [-0.2, 0) is 0 Å². The monoisotopic (exact) mass is 247 g/mol. The molecule has 0 unspecified atom stereocenters. The smallest absolute Gasteiger partial charge is 0.133 e. The fourth-order valence-electron chi connectivity index (χ4n) is 2.86. The van der Waals surface area contributed by atoms with E-state index in [0.717, 1.165) is 18.9 Å². The Hall–Kier alpha value is -1.09. The van der Waals surface area contributed by atoms with E-state index in [1.54, 1.807) is 0 Å². The lowest BCUT2D eigenvalue weighted by Gasteiger charge is -2.36. The minimum atomic E-state index is 0.557. The number of rotatable bonds is 4. The molecule has 1 aromatic rings. The summed E-state index contributed by atoms with van der Waals surface area (Å²) in [5.74, 6) is 1.16. The number of aromatic nitrogens is 1. The normalized spacial score (nSPS) is 20.9. The summed E-state index contributed by atoms with van der Waals surface area (Å²) >= 11 is 0. The van der Waals surface area contributed by atoms with Crippen LogP contribution in [-0.4, -0.2) is 36.6 Å². The van der Waals surface area contributed by atoms with Gasteiger partial charge in [-0.1, -0.05) is 19.4 Å².